The molecular weight excluding hydrogens is 510 g/mol. The van der Waals surface area contributed by atoms with Crippen molar-refractivity contribution in [1.82, 2.24) is 0 Å². The highest BCUT2D eigenvalue weighted by Crippen LogP contribution is 2.40. The summed E-state index contributed by atoms with van der Waals surface area (Å²) in [5.74, 6) is 2.24. The smallest absolute Gasteiger partial charge is 0.227 e. The molecule has 41 heavy (non-hydrogen) atoms. The van der Waals surface area contributed by atoms with Crippen LogP contribution in [0.5, 0.6) is 0 Å². The molecule has 0 atom stereocenters. The summed E-state index contributed by atoms with van der Waals surface area (Å²) < 4.78 is 0. The van der Waals surface area contributed by atoms with E-state index in [9.17, 15) is 14.4 Å². The third-order valence-corrected chi connectivity index (χ3v) is 10.6. The lowest BCUT2D eigenvalue weighted by atomic mass is 9.69. The minimum atomic E-state index is -0.00705. The average molecular weight is 566 g/mol. The Balaban J connectivity index is 1.45. The highest BCUT2D eigenvalue weighted by atomic mass is 16.2. The fourth-order valence-electron chi connectivity index (χ4n) is 7.46. The number of hydrogen-bond acceptors (Lipinski definition) is 3. The molecule has 0 saturated heterocycles. The molecule has 0 radical (unpaired) electrons. The van der Waals surface area contributed by atoms with Gasteiger partial charge in [0.25, 0.3) is 0 Å². The summed E-state index contributed by atoms with van der Waals surface area (Å²) in [5.41, 5.74) is 2.16. The molecule has 3 fully saturated rings. The molecule has 6 nitrogen and oxygen atoms in total. The minimum absolute atomic E-state index is 0.00705. The molecule has 228 valence electrons. The Morgan fingerprint density at radius 2 is 0.854 bits per heavy atom. The van der Waals surface area contributed by atoms with Crippen LogP contribution < -0.4 is 16.0 Å². The van der Waals surface area contributed by atoms with Crippen LogP contribution in [0.3, 0.4) is 0 Å². The summed E-state index contributed by atoms with van der Waals surface area (Å²) in [6, 6.07) is 5.53. The molecule has 3 N–H and O–H groups in total. The summed E-state index contributed by atoms with van der Waals surface area (Å²) in [4.78, 5) is 39.7. The SMILES string of the molecule is CCC1CCC(C(=O)Nc2cc(NC(=O)C3CCC(CC)CC3)cc(NC(=O)C3CCC(C(C)(C)C)CC3)c2)CC1. The maximum absolute atomic E-state index is 13.3. The largest absolute Gasteiger partial charge is 0.326 e. The van der Waals surface area contributed by atoms with Gasteiger partial charge in [0.05, 0.1) is 0 Å². The fourth-order valence-corrected chi connectivity index (χ4v) is 7.46. The summed E-state index contributed by atoms with van der Waals surface area (Å²) in [7, 11) is 0. The second-order valence-corrected chi connectivity index (χ2v) is 14.4. The van der Waals surface area contributed by atoms with E-state index in [0.717, 1.165) is 88.9 Å². The second-order valence-electron chi connectivity index (χ2n) is 14.4. The van der Waals surface area contributed by atoms with Gasteiger partial charge in [0.2, 0.25) is 17.7 Å². The highest BCUT2D eigenvalue weighted by molar-refractivity contribution is 5.99. The first-order valence-corrected chi connectivity index (χ1v) is 16.6. The Kier molecular flexibility index (Phi) is 10.9. The van der Waals surface area contributed by atoms with Crippen molar-refractivity contribution in [3.8, 4) is 0 Å². The van der Waals surface area contributed by atoms with Crippen LogP contribution in [0.15, 0.2) is 18.2 Å². The number of carbonyl (C=O) groups is 3. The molecule has 0 aliphatic heterocycles. The fraction of sp³-hybridized carbons (Fsp3) is 0.743. The van der Waals surface area contributed by atoms with Crippen molar-refractivity contribution in [3.05, 3.63) is 18.2 Å². The van der Waals surface area contributed by atoms with Crippen molar-refractivity contribution < 1.29 is 14.4 Å². The van der Waals surface area contributed by atoms with E-state index in [1.165, 1.54) is 12.8 Å². The van der Waals surface area contributed by atoms with Crippen LogP contribution in [0.25, 0.3) is 0 Å². The topological polar surface area (TPSA) is 87.3 Å². The summed E-state index contributed by atoms with van der Waals surface area (Å²) in [6.07, 6.45) is 14.4. The van der Waals surface area contributed by atoms with Crippen LogP contribution in [0.1, 0.15) is 125 Å². The van der Waals surface area contributed by atoms with E-state index < -0.39 is 0 Å². The summed E-state index contributed by atoms with van der Waals surface area (Å²) in [6.45, 7) is 11.3. The summed E-state index contributed by atoms with van der Waals surface area (Å²) in [5, 5.41) is 9.39. The van der Waals surface area contributed by atoms with Gasteiger partial charge in [-0.25, -0.2) is 0 Å². The number of carbonyl (C=O) groups excluding carboxylic acids is 3. The van der Waals surface area contributed by atoms with Crippen LogP contribution in [0.2, 0.25) is 0 Å². The predicted molar refractivity (Wildman–Crippen MR) is 169 cm³/mol. The maximum atomic E-state index is 13.3. The van der Waals surface area contributed by atoms with E-state index >= 15 is 0 Å². The molecular formula is C35H55N3O3. The molecule has 0 unspecified atom stereocenters. The summed E-state index contributed by atoms with van der Waals surface area (Å²) >= 11 is 0. The first-order valence-electron chi connectivity index (χ1n) is 16.6. The number of hydrogen-bond donors (Lipinski definition) is 3. The van der Waals surface area contributed by atoms with E-state index in [1.807, 2.05) is 18.2 Å². The van der Waals surface area contributed by atoms with E-state index in [-0.39, 0.29) is 40.9 Å². The van der Waals surface area contributed by atoms with Crippen LogP contribution in [0, 0.1) is 40.9 Å². The van der Waals surface area contributed by atoms with Gasteiger partial charge in [-0.3, -0.25) is 14.4 Å². The van der Waals surface area contributed by atoms with Crippen molar-refractivity contribution in [2.45, 2.75) is 125 Å². The quantitative estimate of drug-likeness (QED) is 0.294. The Labute approximate surface area is 248 Å². The van der Waals surface area contributed by atoms with Gasteiger partial charge < -0.3 is 16.0 Å². The van der Waals surface area contributed by atoms with Gasteiger partial charge in [-0.1, -0.05) is 47.5 Å². The molecule has 3 aliphatic carbocycles. The van der Waals surface area contributed by atoms with E-state index in [0.29, 0.717) is 23.0 Å². The van der Waals surface area contributed by atoms with Crippen molar-refractivity contribution >= 4 is 34.8 Å². The monoisotopic (exact) mass is 565 g/mol. The average Bonchev–Trinajstić information content (AvgIpc) is 2.96. The van der Waals surface area contributed by atoms with Crippen molar-refractivity contribution in [2.24, 2.45) is 40.9 Å². The lowest BCUT2D eigenvalue weighted by Crippen LogP contribution is -2.31. The van der Waals surface area contributed by atoms with Crippen LogP contribution in [-0.2, 0) is 14.4 Å². The van der Waals surface area contributed by atoms with Gasteiger partial charge in [0.15, 0.2) is 0 Å². The number of anilines is 3. The normalized spacial score (nSPS) is 28.9. The molecule has 6 heteroatoms. The lowest BCUT2D eigenvalue weighted by molar-refractivity contribution is -0.122. The van der Waals surface area contributed by atoms with E-state index in [4.69, 9.17) is 0 Å². The maximum Gasteiger partial charge on any atom is 0.227 e. The minimum Gasteiger partial charge on any atom is -0.326 e. The number of benzene rings is 1. The molecule has 0 bridgehead atoms. The van der Waals surface area contributed by atoms with E-state index in [2.05, 4.69) is 50.6 Å². The van der Waals surface area contributed by atoms with Gasteiger partial charge in [-0.2, -0.15) is 0 Å². The molecule has 3 saturated carbocycles. The molecule has 0 heterocycles. The zero-order chi connectivity index (χ0) is 29.6. The molecule has 1 aromatic rings. The van der Waals surface area contributed by atoms with Crippen molar-refractivity contribution in [3.63, 3.8) is 0 Å². The van der Waals surface area contributed by atoms with Crippen molar-refractivity contribution in [1.29, 1.82) is 0 Å². The van der Waals surface area contributed by atoms with Crippen LogP contribution in [-0.4, -0.2) is 17.7 Å². The third kappa shape index (κ3) is 8.81. The third-order valence-electron chi connectivity index (χ3n) is 10.6. The molecule has 1 aromatic carbocycles. The number of amides is 3. The molecule has 4 rings (SSSR count). The first kappa shape index (κ1) is 31.6. The Bertz CT molecular complexity index is 981. The lowest BCUT2D eigenvalue weighted by Gasteiger charge is -2.36. The van der Waals surface area contributed by atoms with Gasteiger partial charge in [-0.15, -0.1) is 0 Å². The van der Waals surface area contributed by atoms with Gasteiger partial charge in [0, 0.05) is 34.8 Å². The van der Waals surface area contributed by atoms with Crippen LogP contribution in [0.4, 0.5) is 17.1 Å². The number of nitrogens with one attached hydrogen (secondary N) is 3. The van der Waals surface area contributed by atoms with Crippen LogP contribution >= 0.6 is 0 Å². The Morgan fingerprint density at radius 1 is 0.561 bits per heavy atom. The number of rotatable bonds is 8. The predicted octanol–water partition coefficient (Wildman–Crippen LogP) is 8.79. The zero-order valence-corrected chi connectivity index (χ0v) is 26.3. The highest BCUT2D eigenvalue weighted by Gasteiger charge is 2.33. The molecule has 3 aliphatic rings. The van der Waals surface area contributed by atoms with Crippen molar-refractivity contribution in [2.75, 3.05) is 16.0 Å². The Morgan fingerprint density at radius 3 is 1.12 bits per heavy atom. The van der Waals surface area contributed by atoms with Gasteiger partial charge in [-0.05, 0) is 118 Å². The standard InChI is InChI=1S/C35H55N3O3/c1-6-23-8-12-25(13-9-23)32(39)36-29-20-30(37-33(40)26-14-10-24(7-2)11-15-26)22-31(21-29)38-34(41)27-16-18-28(19-17-27)35(3,4)5/h20-28H,6-19H2,1-5H3,(H,36,39)(H,37,40)(H,38,41). The van der Waals surface area contributed by atoms with Gasteiger partial charge in [0.1, 0.15) is 0 Å². The Hall–Kier alpha value is -2.37. The van der Waals surface area contributed by atoms with Gasteiger partial charge >= 0.3 is 0 Å². The van der Waals surface area contributed by atoms with E-state index in [1.54, 1.807) is 0 Å². The zero-order valence-electron chi connectivity index (χ0n) is 26.3. The molecule has 0 aromatic heterocycles. The molecule has 0 spiro atoms. The second kappa shape index (κ2) is 14.2. The molecule has 3 amide bonds. The first-order chi connectivity index (χ1) is 19.5.